The van der Waals surface area contributed by atoms with Gasteiger partial charge in [0.2, 0.25) is 11.9 Å². The van der Waals surface area contributed by atoms with Crippen LogP contribution in [-0.2, 0) is 11.3 Å². The van der Waals surface area contributed by atoms with E-state index in [-0.39, 0.29) is 18.4 Å². The Balaban J connectivity index is 1.96. The third-order valence-corrected chi connectivity index (χ3v) is 3.31. The molecule has 2 N–H and O–H groups in total. The van der Waals surface area contributed by atoms with Crippen molar-refractivity contribution in [3.8, 4) is 0 Å². The van der Waals surface area contributed by atoms with Crippen LogP contribution in [-0.4, -0.2) is 38.2 Å². The van der Waals surface area contributed by atoms with E-state index >= 15 is 0 Å². The topological polar surface area (TPSA) is 77.0 Å². The Kier molecular flexibility index (Phi) is 3.31. The molecule has 2 atom stereocenters. The van der Waals surface area contributed by atoms with Crippen LogP contribution >= 0.6 is 0 Å². The van der Waals surface area contributed by atoms with Gasteiger partial charge in [0.05, 0.1) is 0 Å². The third-order valence-electron chi connectivity index (χ3n) is 3.31. The summed E-state index contributed by atoms with van der Waals surface area (Å²) in [4.78, 5) is 17.8. The van der Waals surface area contributed by atoms with Crippen molar-refractivity contribution < 1.29 is 4.79 Å². The van der Waals surface area contributed by atoms with Crippen molar-refractivity contribution in [3.05, 3.63) is 6.33 Å². The molecule has 1 aliphatic rings. The molecule has 0 aromatic carbocycles. The van der Waals surface area contributed by atoms with Crippen molar-refractivity contribution in [2.24, 2.45) is 5.92 Å². The van der Waals surface area contributed by atoms with Crippen molar-refractivity contribution in [2.75, 3.05) is 12.3 Å². The molecule has 17 heavy (non-hydrogen) atoms. The minimum atomic E-state index is 0.0919. The molecule has 1 saturated heterocycles. The molecule has 2 unspecified atom stereocenters. The van der Waals surface area contributed by atoms with Crippen molar-refractivity contribution in [3.63, 3.8) is 0 Å². The SMILES string of the molecule is CC1CCN(C(=O)Cn2cnc(N)n2)C(C)C1. The lowest BCUT2D eigenvalue weighted by Gasteiger charge is -2.36. The van der Waals surface area contributed by atoms with Gasteiger partial charge in [-0.2, -0.15) is 0 Å². The van der Waals surface area contributed by atoms with Crippen molar-refractivity contribution in [2.45, 2.75) is 39.3 Å². The maximum Gasteiger partial charge on any atom is 0.244 e. The fourth-order valence-electron chi connectivity index (χ4n) is 2.39. The molecule has 0 aliphatic carbocycles. The molecule has 0 saturated carbocycles. The van der Waals surface area contributed by atoms with Gasteiger partial charge in [-0.3, -0.25) is 4.79 Å². The summed E-state index contributed by atoms with van der Waals surface area (Å²) in [6, 6.07) is 0.312. The average molecular weight is 237 g/mol. The van der Waals surface area contributed by atoms with Gasteiger partial charge in [0.25, 0.3) is 0 Å². The van der Waals surface area contributed by atoms with Crippen LogP contribution in [0.2, 0.25) is 0 Å². The number of hydrogen-bond donors (Lipinski definition) is 1. The van der Waals surface area contributed by atoms with Crippen LogP contribution < -0.4 is 5.73 Å². The molecular weight excluding hydrogens is 218 g/mol. The number of piperidine rings is 1. The van der Waals surface area contributed by atoms with Crippen molar-refractivity contribution in [1.82, 2.24) is 19.7 Å². The van der Waals surface area contributed by atoms with Gasteiger partial charge in [0.15, 0.2) is 0 Å². The Bertz CT molecular complexity index is 402. The maximum absolute atomic E-state index is 12.1. The number of rotatable bonds is 2. The maximum atomic E-state index is 12.1. The third kappa shape index (κ3) is 2.75. The summed E-state index contributed by atoms with van der Waals surface area (Å²) in [5.74, 6) is 1.00. The number of carbonyl (C=O) groups excluding carboxylic acids is 1. The van der Waals surface area contributed by atoms with Crippen molar-refractivity contribution >= 4 is 11.9 Å². The first-order valence-electron chi connectivity index (χ1n) is 6.00. The van der Waals surface area contributed by atoms with Crippen LogP contribution in [0.4, 0.5) is 5.95 Å². The second kappa shape index (κ2) is 4.73. The predicted octanol–water partition coefficient (Wildman–Crippen LogP) is 0.507. The number of nitrogen functional groups attached to an aromatic ring is 1. The molecule has 1 aliphatic heterocycles. The van der Waals surface area contributed by atoms with Crippen LogP contribution in [0, 0.1) is 5.92 Å². The van der Waals surface area contributed by atoms with Crippen LogP contribution in [0.25, 0.3) is 0 Å². The van der Waals surface area contributed by atoms with Gasteiger partial charge in [0.1, 0.15) is 12.9 Å². The minimum Gasteiger partial charge on any atom is -0.367 e. The summed E-state index contributed by atoms with van der Waals surface area (Å²) in [6.45, 7) is 5.40. The molecule has 1 aromatic heterocycles. The number of anilines is 1. The fourth-order valence-corrected chi connectivity index (χ4v) is 2.39. The van der Waals surface area contributed by atoms with Crippen LogP contribution in [0.1, 0.15) is 26.7 Å². The highest BCUT2D eigenvalue weighted by molar-refractivity contribution is 5.76. The highest BCUT2D eigenvalue weighted by atomic mass is 16.2. The first kappa shape index (κ1) is 11.9. The summed E-state index contributed by atoms with van der Waals surface area (Å²) < 4.78 is 1.49. The van der Waals surface area contributed by atoms with E-state index < -0.39 is 0 Å². The van der Waals surface area contributed by atoms with Crippen molar-refractivity contribution in [1.29, 1.82) is 0 Å². The second-order valence-electron chi connectivity index (χ2n) is 4.87. The van der Waals surface area contributed by atoms with E-state index in [1.807, 2.05) is 4.90 Å². The number of aromatic nitrogens is 3. The Morgan fingerprint density at radius 1 is 1.59 bits per heavy atom. The normalized spacial score (nSPS) is 24.9. The van der Waals surface area contributed by atoms with E-state index in [1.165, 1.54) is 11.0 Å². The monoisotopic (exact) mass is 237 g/mol. The Labute approximate surface area is 101 Å². The summed E-state index contributed by atoms with van der Waals surface area (Å²) in [7, 11) is 0. The highest BCUT2D eigenvalue weighted by Gasteiger charge is 2.26. The predicted molar refractivity (Wildman–Crippen MR) is 64.0 cm³/mol. The summed E-state index contributed by atoms with van der Waals surface area (Å²) in [5.41, 5.74) is 5.41. The zero-order valence-corrected chi connectivity index (χ0v) is 10.3. The molecular formula is C11H19N5O. The van der Waals surface area contributed by atoms with Gasteiger partial charge in [-0.05, 0) is 25.7 Å². The zero-order valence-electron chi connectivity index (χ0n) is 10.3. The number of hydrogen-bond acceptors (Lipinski definition) is 4. The largest absolute Gasteiger partial charge is 0.367 e. The molecule has 0 bridgehead atoms. The lowest BCUT2D eigenvalue weighted by atomic mass is 9.93. The van der Waals surface area contributed by atoms with E-state index in [4.69, 9.17) is 5.73 Å². The second-order valence-corrected chi connectivity index (χ2v) is 4.87. The van der Waals surface area contributed by atoms with Crippen LogP contribution in [0.15, 0.2) is 6.33 Å². The van der Waals surface area contributed by atoms with Gasteiger partial charge >= 0.3 is 0 Å². The Hall–Kier alpha value is -1.59. The summed E-state index contributed by atoms with van der Waals surface area (Å²) in [6.07, 6.45) is 3.64. The first-order valence-corrected chi connectivity index (χ1v) is 6.00. The van der Waals surface area contributed by atoms with E-state index in [9.17, 15) is 4.79 Å². The quantitative estimate of drug-likeness (QED) is 0.813. The molecule has 6 heteroatoms. The zero-order chi connectivity index (χ0) is 12.4. The lowest BCUT2D eigenvalue weighted by Crippen LogP contribution is -2.45. The Morgan fingerprint density at radius 2 is 2.35 bits per heavy atom. The van der Waals surface area contributed by atoms with E-state index in [1.54, 1.807) is 0 Å². The van der Waals surface area contributed by atoms with Gasteiger partial charge in [-0.1, -0.05) is 6.92 Å². The summed E-state index contributed by atoms with van der Waals surface area (Å²) >= 11 is 0. The number of likely N-dealkylation sites (tertiary alicyclic amines) is 1. The first-order chi connectivity index (χ1) is 8.06. The number of nitrogens with zero attached hydrogens (tertiary/aromatic N) is 4. The molecule has 1 fully saturated rings. The molecule has 94 valence electrons. The van der Waals surface area contributed by atoms with Crippen LogP contribution in [0.3, 0.4) is 0 Å². The van der Waals surface area contributed by atoms with Gasteiger partial charge in [-0.25, -0.2) is 9.67 Å². The van der Waals surface area contributed by atoms with Gasteiger partial charge < -0.3 is 10.6 Å². The molecule has 1 aromatic rings. The Morgan fingerprint density at radius 3 is 2.94 bits per heavy atom. The number of carbonyl (C=O) groups is 1. The number of nitrogens with two attached hydrogens (primary N) is 1. The molecule has 0 spiro atoms. The molecule has 0 radical (unpaired) electrons. The summed E-state index contributed by atoms with van der Waals surface area (Å²) in [5, 5.41) is 3.92. The van der Waals surface area contributed by atoms with Crippen LogP contribution in [0.5, 0.6) is 0 Å². The molecule has 2 heterocycles. The van der Waals surface area contributed by atoms with E-state index in [2.05, 4.69) is 23.9 Å². The molecule has 2 rings (SSSR count). The lowest BCUT2D eigenvalue weighted by molar-refractivity contribution is -0.135. The molecule has 6 nitrogen and oxygen atoms in total. The fraction of sp³-hybridized carbons (Fsp3) is 0.727. The smallest absolute Gasteiger partial charge is 0.244 e. The van der Waals surface area contributed by atoms with Gasteiger partial charge in [-0.15, -0.1) is 5.10 Å². The van der Waals surface area contributed by atoms with Gasteiger partial charge in [0, 0.05) is 12.6 Å². The standard InChI is InChI=1S/C11H19N5O/c1-8-3-4-16(9(2)5-8)10(17)6-15-7-13-11(12)14-15/h7-9H,3-6H2,1-2H3,(H2,12,14). The number of amides is 1. The van der Waals surface area contributed by atoms with E-state index in [0.29, 0.717) is 12.0 Å². The van der Waals surface area contributed by atoms with E-state index in [0.717, 1.165) is 19.4 Å². The highest BCUT2D eigenvalue weighted by Crippen LogP contribution is 2.22. The average Bonchev–Trinajstić information content (AvgIpc) is 2.63. The molecule has 1 amide bonds. The minimum absolute atomic E-state index is 0.0919.